The fourth-order valence-corrected chi connectivity index (χ4v) is 6.60. The third-order valence-electron chi connectivity index (χ3n) is 8.67. The zero-order valence-electron chi connectivity index (χ0n) is 25.9. The second-order valence-electron chi connectivity index (χ2n) is 11.9. The predicted molar refractivity (Wildman–Crippen MR) is 169 cm³/mol. The lowest BCUT2D eigenvalue weighted by molar-refractivity contribution is -0.137. The van der Waals surface area contributed by atoms with Gasteiger partial charge >= 0.3 is 12.2 Å². The molecule has 0 saturated carbocycles. The number of likely N-dealkylation sites (tertiary alicyclic amines) is 1. The molecule has 5 heterocycles. The number of amides is 4. The van der Waals surface area contributed by atoms with Crippen LogP contribution < -0.4 is 19.9 Å². The molecule has 3 aromatic rings. The molecule has 3 aliphatic rings. The van der Waals surface area contributed by atoms with Crippen molar-refractivity contribution in [2.75, 3.05) is 49.6 Å². The van der Waals surface area contributed by atoms with E-state index in [0.29, 0.717) is 36.0 Å². The second kappa shape index (κ2) is 12.5. The van der Waals surface area contributed by atoms with Crippen molar-refractivity contribution in [2.24, 2.45) is 0 Å². The van der Waals surface area contributed by atoms with E-state index in [1.54, 1.807) is 47.3 Å². The molecule has 248 valence electrons. The SMILES string of the molecule is CCOc1ncccc1-c1ccc(N2C[C@H]3CN(c4ccc(Cl)cc4C(F)(F)F)C(=O)N3C[C@H]2C)c(C(=O)N[C@@H]2CC(=O)N(C)C2)n1. The molecule has 0 bridgehead atoms. The minimum absolute atomic E-state index is 0.00370. The average molecular weight is 672 g/mol. The van der Waals surface area contributed by atoms with E-state index in [2.05, 4.69) is 10.3 Å². The Morgan fingerprint density at radius 3 is 2.53 bits per heavy atom. The van der Waals surface area contributed by atoms with Gasteiger partial charge in [-0.25, -0.2) is 14.8 Å². The number of rotatable bonds is 7. The first-order valence-electron chi connectivity index (χ1n) is 15.2. The van der Waals surface area contributed by atoms with Crippen LogP contribution >= 0.6 is 11.6 Å². The number of nitrogens with one attached hydrogen (secondary N) is 1. The second-order valence-corrected chi connectivity index (χ2v) is 12.3. The van der Waals surface area contributed by atoms with Crippen LogP contribution in [0.25, 0.3) is 11.3 Å². The maximum absolute atomic E-state index is 14.0. The van der Waals surface area contributed by atoms with Crippen molar-refractivity contribution in [2.45, 2.75) is 44.6 Å². The molecule has 0 radical (unpaired) electrons. The van der Waals surface area contributed by atoms with Gasteiger partial charge in [0, 0.05) is 56.9 Å². The molecule has 0 aliphatic carbocycles. The molecule has 2 aromatic heterocycles. The molecule has 3 fully saturated rings. The van der Waals surface area contributed by atoms with Gasteiger partial charge < -0.3 is 24.8 Å². The number of pyridine rings is 2. The Labute approximate surface area is 274 Å². The number of piperazine rings is 1. The van der Waals surface area contributed by atoms with Crippen molar-refractivity contribution in [3.8, 4) is 17.1 Å². The van der Waals surface area contributed by atoms with E-state index < -0.39 is 35.8 Å². The zero-order chi connectivity index (χ0) is 33.6. The van der Waals surface area contributed by atoms with Crippen LogP contribution in [0.2, 0.25) is 5.02 Å². The topological polar surface area (TPSA) is 111 Å². The molecule has 11 nitrogen and oxygen atoms in total. The maximum Gasteiger partial charge on any atom is 0.418 e. The van der Waals surface area contributed by atoms with Crippen molar-refractivity contribution >= 4 is 40.8 Å². The normalized spacial score (nSPS) is 21.4. The molecule has 1 aromatic carbocycles. The highest BCUT2D eigenvalue weighted by molar-refractivity contribution is 6.30. The zero-order valence-corrected chi connectivity index (χ0v) is 26.7. The Morgan fingerprint density at radius 2 is 1.83 bits per heavy atom. The number of aromatic nitrogens is 2. The number of fused-ring (bicyclic) bond motifs is 1. The van der Waals surface area contributed by atoms with Gasteiger partial charge in [0.05, 0.1) is 46.9 Å². The molecule has 3 aliphatic heterocycles. The first-order valence-corrected chi connectivity index (χ1v) is 15.6. The molecular formula is C32H33ClF3N7O4. The Balaban J connectivity index is 1.34. The number of likely N-dealkylation sites (N-methyl/N-ethyl adjacent to an activating group) is 1. The summed E-state index contributed by atoms with van der Waals surface area (Å²) in [6.07, 6.45) is -2.96. The van der Waals surface area contributed by atoms with Gasteiger partial charge in [-0.15, -0.1) is 0 Å². The molecule has 0 unspecified atom stereocenters. The number of nitrogens with zero attached hydrogens (tertiary/aromatic N) is 6. The molecule has 1 N–H and O–H groups in total. The third kappa shape index (κ3) is 6.25. The molecule has 6 rings (SSSR count). The highest BCUT2D eigenvalue weighted by Gasteiger charge is 2.47. The highest BCUT2D eigenvalue weighted by atomic mass is 35.5. The summed E-state index contributed by atoms with van der Waals surface area (Å²) in [5.74, 6) is -0.202. The number of carbonyl (C=O) groups is 3. The predicted octanol–water partition coefficient (Wildman–Crippen LogP) is 4.69. The monoisotopic (exact) mass is 671 g/mol. The van der Waals surface area contributed by atoms with E-state index in [-0.39, 0.29) is 54.4 Å². The standard InChI is InChI=1S/C32H33ClF3N7O4/c1-4-47-30-22(6-5-11-37-30)24-8-10-26(28(39-24)29(45)38-20-13-27(44)40(3)15-20)41-16-21-17-43(31(46)42(21)14-18(41)2)25-9-7-19(33)12-23(25)32(34,35)36/h5-12,18,20-21H,4,13-17H2,1-3H3,(H,38,45)/t18-,20-,21+/m1/s1. The smallest absolute Gasteiger partial charge is 0.418 e. The number of hydrogen-bond acceptors (Lipinski definition) is 7. The van der Waals surface area contributed by atoms with Crippen LogP contribution in [0.5, 0.6) is 5.88 Å². The summed E-state index contributed by atoms with van der Waals surface area (Å²) in [6.45, 7) is 4.89. The van der Waals surface area contributed by atoms with E-state index in [4.69, 9.17) is 21.3 Å². The first kappa shape index (κ1) is 32.4. The molecule has 47 heavy (non-hydrogen) atoms. The number of urea groups is 1. The summed E-state index contributed by atoms with van der Waals surface area (Å²) < 4.78 is 47.6. The summed E-state index contributed by atoms with van der Waals surface area (Å²) in [7, 11) is 1.67. The van der Waals surface area contributed by atoms with Gasteiger partial charge in [-0.05, 0) is 56.3 Å². The Bertz CT molecular complexity index is 1720. The lowest BCUT2D eigenvalue weighted by Gasteiger charge is -2.43. The minimum Gasteiger partial charge on any atom is -0.477 e. The lowest BCUT2D eigenvalue weighted by Crippen LogP contribution is -2.57. The molecular weight excluding hydrogens is 639 g/mol. The number of benzene rings is 1. The number of halogens is 4. The van der Waals surface area contributed by atoms with Crippen LogP contribution in [0.3, 0.4) is 0 Å². The lowest BCUT2D eigenvalue weighted by atomic mass is 10.0. The molecule has 3 atom stereocenters. The van der Waals surface area contributed by atoms with Crippen LogP contribution in [-0.4, -0.2) is 95.6 Å². The molecule has 4 amide bonds. The van der Waals surface area contributed by atoms with E-state index in [1.165, 1.54) is 12.1 Å². The largest absolute Gasteiger partial charge is 0.477 e. The van der Waals surface area contributed by atoms with Crippen molar-refractivity contribution < 1.29 is 32.3 Å². The Kier molecular flexibility index (Phi) is 8.64. The summed E-state index contributed by atoms with van der Waals surface area (Å²) in [5, 5.41) is 2.86. The highest BCUT2D eigenvalue weighted by Crippen LogP contribution is 2.41. The number of alkyl halides is 3. The van der Waals surface area contributed by atoms with Gasteiger partial charge in [-0.3, -0.25) is 14.5 Å². The average Bonchev–Trinajstić information content (AvgIpc) is 3.52. The van der Waals surface area contributed by atoms with Crippen molar-refractivity contribution in [1.82, 2.24) is 25.1 Å². The Hall–Kier alpha value is -4.59. The van der Waals surface area contributed by atoms with Gasteiger partial charge in [-0.2, -0.15) is 13.2 Å². The van der Waals surface area contributed by atoms with E-state index >= 15 is 0 Å². The molecule has 15 heteroatoms. The van der Waals surface area contributed by atoms with Gasteiger partial charge in [0.1, 0.15) is 0 Å². The maximum atomic E-state index is 14.0. The number of ether oxygens (including phenoxy) is 1. The number of hydrogen-bond donors (Lipinski definition) is 1. The van der Waals surface area contributed by atoms with Crippen LogP contribution in [-0.2, 0) is 11.0 Å². The fourth-order valence-electron chi connectivity index (χ4n) is 6.43. The molecule has 0 spiro atoms. The Morgan fingerprint density at radius 1 is 1.06 bits per heavy atom. The van der Waals surface area contributed by atoms with Gasteiger partial charge in [0.15, 0.2) is 5.69 Å². The summed E-state index contributed by atoms with van der Waals surface area (Å²) >= 11 is 5.89. The van der Waals surface area contributed by atoms with Crippen LogP contribution in [0.15, 0.2) is 48.7 Å². The summed E-state index contributed by atoms with van der Waals surface area (Å²) in [6, 6.07) is 8.69. The van der Waals surface area contributed by atoms with E-state index in [0.717, 1.165) is 11.0 Å². The summed E-state index contributed by atoms with van der Waals surface area (Å²) in [4.78, 5) is 54.9. The van der Waals surface area contributed by atoms with Gasteiger partial charge in [-0.1, -0.05) is 11.6 Å². The quantitative estimate of drug-likeness (QED) is 0.388. The fraction of sp³-hybridized carbons (Fsp3) is 0.406. The van der Waals surface area contributed by atoms with Gasteiger partial charge in [0.2, 0.25) is 11.8 Å². The van der Waals surface area contributed by atoms with Crippen LogP contribution in [0, 0.1) is 0 Å². The number of anilines is 2. The third-order valence-corrected chi connectivity index (χ3v) is 8.90. The van der Waals surface area contributed by atoms with Crippen LogP contribution in [0.1, 0.15) is 36.3 Å². The van der Waals surface area contributed by atoms with E-state index in [9.17, 15) is 27.6 Å². The number of carbonyl (C=O) groups excluding carboxylic acids is 3. The minimum atomic E-state index is -4.71. The molecule has 3 saturated heterocycles. The first-order chi connectivity index (χ1) is 22.3. The van der Waals surface area contributed by atoms with Crippen molar-refractivity contribution in [3.63, 3.8) is 0 Å². The van der Waals surface area contributed by atoms with Crippen molar-refractivity contribution in [1.29, 1.82) is 0 Å². The van der Waals surface area contributed by atoms with E-state index in [1.807, 2.05) is 18.7 Å². The van der Waals surface area contributed by atoms with Gasteiger partial charge in [0.25, 0.3) is 5.91 Å². The summed E-state index contributed by atoms with van der Waals surface area (Å²) in [5.41, 5.74) is 0.389. The van der Waals surface area contributed by atoms with Crippen LogP contribution in [0.4, 0.5) is 29.3 Å². The van der Waals surface area contributed by atoms with Crippen molar-refractivity contribution in [3.05, 3.63) is 64.9 Å².